The molecule has 0 bridgehead atoms. The van der Waals surface area contributed by atoms with Crippen LogP contribution in [0.1, 0.15) is 0 Å². The summed E-state index contributed by atoms with van der Waals surface area (Å²) in [7, 11) is 1.72. The van der Waals surface area contributed by atoms with E-state index >= 15 is 0 Å². The maximum atomic E-state index is 5.29. The highest BCUT2D eigenvalue weighted by Crippen LogP contribution is 1.73. The Balaban J connectivity index is 3.09. The molecule has 0 saturated heterocycles. The Kier molecular flexibility index (Phi) is 5.46. The van der Waals surface area contributed by atoms with E-state index in [1.54, 1.807) is 13.3 Å². The van der Waals surface area contributed by atoms with Crippen LogP contribution in [0.3, 0.4) is 0 Å². The molecule has 40 valence electrons. The van der Waals surface area contributed by atoms with E-state index in [2.05, 4.69) is 4.99 Å². The van der Waals surface area contributed by atoms with Gasteiger partial charge in [0.1, 0.15) is 0 Å². The van der Waals surface area contributed by atoms with Crippen LogP contribution in [0.2, 0.25) is 0 Å². The lowest BCUT2D eigenvalue weighted by Crippen LogP contribution is -1.62. The molecule has 0 aliphatic rings. The molecule has 0 fully saturated rings. The summed E-state index contributed by atoms with van der Waals surface area (Å²) in [5.41, 5.74) is 0. The maximum Gasteiger partial charge on any atom is 0.0407 e. The van der Waals surface area contributed by atoms with E-state index in [9.17, 15) is 0 Å². The van der Waals surface area contributed by atoms with Gasteiger partial charge in [0.25, 0.3) is 0 Å². The van der Waals surface area contributed by atoms with Gasteiger partial charge in [-0.25, -0.2) is 0 Å². The zero-order valence-corrected chi connectivity index (χ0v) is 5.02. The van der Waals surface area contributed by atoms with E-state index in [0.29, 0.717) is 5.88 Å². The third-order valence-corrected chi connectivity index (χ3v) is 0.638. The molecule has 0 N–H and O–H groups in total. The maximum absolute atomic E-state index is 5.29. The number of nitrogens with zero attached hydrogens (tertiary/aromatic N) is 1. The average Bonchev–Trinajstić information content (AvgIpc) is 1.69. The lowest BCUT2D eigenvalue weighted by atomic mass is 10.6. The molecule has 0 aliphatic heterocycles. The van der Waals surface area contributed by atoms with Crippen LogP contribution in [0.15, 0.2) is 17.1 Å². The molecule has 1 nitrogen and oxygen atoms in total. The minimum Gasteiger partial charge on any atom is -0.297 e. The first kappa shape index (κ1) is 6.70. The van der Waals surface area contributed by atoms with Crippen LogP contribution in [-0.4, -0.2) is 19.1 Å². The summed E-state index contributed by atoms with van der Waals surface area (Å²) in [5.74, 6) is 0.562. The number of aliphatic imine (C=N–C) groups is 1. The summed E-state index contributed by atoms with van der Waals surface area (Å²) < 4.78 is 0. The molecule has 0 unspecified atom stereocenters. The van der Waals surface area contributed by atoms with Gasteiger partial charge in [-0.05, 0) is 6.08 Å². The second kappa shape index (κ2) is 5.70. The van der Waals surface area contributed by atoms with Crippen LogP contribution >= 0.6 is 11.6 Å². The van der Waals surface area contributed by atoms with Crippen molar-refractivity contribution < 1.29 is 0 Å². The SMILES string of the molecule is C/N=C\C=C\CCl. The Labute approximate surface area is 48.7 Å². The Hall–Kier alpha value is -0.300. The van der Waals surface area contributed by atoms with Crippen LogP contribution in [0.25, 0.3) is 0 Å². The van der Waals surface area contributed by atoms with Gasteiger partial charge in [0.15, 0.2) is 0 Å². The van der Waals surface area contributed by atoms with E-state index in [-0.39, 0.29) is 0 Å². The van der Waals surface area contributed by atoms with Crippen LogP contribution in [0.5, 0.6) is 0 Å². The summed E-state index contributed by atoms with van der Waals surface area (Å²) >= 11 is 5.29. The normalized spacial score (nSPS) is 11.7. The highest BCUT2D eigenvalue weighted by Gasteiger charge is 1.60. The summed E-state index contributed by atoms with van der Waals surface area (Å²) in [4.78, 5) is 3.70. The Bertz CT molecular complexity index is 76.1. The van der Waals surface area contributed by atoms with Crippen molar-refractivity contribution in [3.05, 3.63) is 12.2 Å². The van der Waals surface area contributed by atoms with E-state index < -0.39 is 0 Å². The van der Waals surface area contributed by atoms with Gasteiger partial charge in [0, 0.05) is 19.1 Å². The first-order chi connectivity index (χ1) is 3.41. The van der Waals surface area contributed by atoms with E-state index in [1.807, 2.05) is 12.2 Å². The number of rotatable bonds is 2. The predicted octanol–water partition coefficient (Wildman–Crippen LogP) is 1.48. The molecular formula is C5H8ClN. The van der Waals surface area contributed by atoms with Gasteiger partial charge in [-0.2, -0.15) is 0 Å². The third-order valence-electron chi connectivity index (χ3n) is 0.460. The Morgan fingerprint density at radius 3 is 2.86 bits per heavy atom. The fourth-order valence-corrected chi connectivity index (χ4v) is 0.301. The number of hydrogen-bond acceptors (Lipinski definition) is 1. The van der Waals surface area contributed by atoms with E-state index in [1.165, 1.54) is 0 Å². The molecule has 0 rings (SSSR count). The number of allylic oxidation sites excluding steroid dienone is 2. The van der Waals surface area contributed by atoms with Gasteiger partial charge in [-0.15, -0.1) is 11.6 Å². The molecule has 0 aromatic heterocycles. The summed E-state index contributed by atoms with van der Waals surface area (Å²) in [6.45, 7) is 0. The molecule has 0 saturated carbocycles. The van der Waals surface area contributed by atoms with Gasteiger partial charge in [-0.3, -0.25) is 4.99 Å². The van der Waals surface area contributed by atoms with Crippen molar-refractivity contribution in [3.8, 4) is 0 Å². The second-order valence-corrected chi connectivity index (χ2v) is 1.30. The molecular weight excluding hydrogens is 110 g/mol. The fraction of sp³-hybridized carbons (Fsp3) is 0.400. The van der Waals surface area contributed by atoms with E-state index in [4.69, 9.17) is 11.6 Å². The minimum absolute atomic E-state index is 0.562. The van der Waals surface area contributed by atoms with Gasteiger partial charge in [0.05, 0.1) is 0 Å². The van der Waals surface area contributed by atoms with Gasteiger partial charge < -0.3 is 0 Å². The molecule has 0 amide bonds. The number of halogens is 1. The highest BCUT2D eigenvalue weighted by atomic mass is 35.5. The Morgan fingerprint density at radius 2 is 2.43 bits per heavy atom. The number of hydrogen-bond donors (Lipinski definition) is 0. The van der Waals surface area contributed by atoms with Gasteiger partial charge in [-0.1, -0.05) is 6.08 Å². The quantitative estimate of drug-likeness (QED) is 0.384. The van der Waals surface area contributed by atoms with Crippen molar-refractivity contribution in [1.29, 1.82) is 0 Å². The topological polar surface area (TPSA) is 12.4 Å². The van der Waals surface area contributed by atoms with Gasteiger partial charge >= 0.3 is 0 Å². The van der Waals surface area contributed by atoms with Crippen LogP contribution in [-0.2, 0) is 0 Å². The smallest absolute Gasteiger partial charge is 0.0407 e. The molecule has 0 radical (unpaired) electrons. The fourth-order valence-electron chi connectivity index (χ4n) is 0.198. The van der Waals surface area contributed by atoms with Crippen molar-refractivity contribution in [2.75, 3.05) is 12.9 Å². The first-order valence-corrected chi connectivity index (χ1v) is 2.58. The lowest BCUT2D eigenvalue weighted by Gasteiger charge is -1.68. The molecule has 0 aromatic rings. The largest absolute Gasteiger partial charge is 0.297 e. The average molecular weight is 118 g/mol. The highest BCUT2D eigenvalue weighted by molar-refractivity contribution is 6.19. The Morgan fingerprint density at radius 1 is 1.71 bits per heavy atom. The molecule has 0 atom stereocenters. The van der Waals surface area contributed by atoms with Crippen LogP contribution in [0.4, 0.5) is 0 Å². The van der Waals surface area contributed by atoms with Crippen LogP contribution in [0, 0.1) is 0 Å². The predicted molar refractivity (Wildman–Crippen MR) is 34.3 cm³/mol. The minimum atomic E-state index is 0.562. The molecule has 2 heteroatoms. The van der Waals surface area contributed by atoms with Crippen molar-refractivity contribution in [2.45, 2.75) is 0 Å². The molecule has 7 heavy (non-hydrogen) atoms. The molecule has 0 heterocycles. The van der Waals surface area contributed by atoms with Crippen molar-refractivity contribution in [3.63, 3.8) is 0 Å². The zero-order valence-electron chi connectivity index (χ0n) is 4.26. The van der Waals surface area contributed by atoms with Crippen molar-refractivity contribution >= 4 is 17.8 Å². The number of alkyl halides is 1. The van der Waals surface area contributed by atoms with Crippen molar-refractivity contribution in [2.24, 2.45) is 4.99 Å². The first-order valence-electron chi connectivity index (χ1n) is 2.05. The monoisotopic (exact) mass is 117 g/mol. The summed E-state index contributed by atoms with van der Waals surface area (Å²) in [6.07, 6.45) is 5.34. The summed E-state index contributed by atoms with van der Waals surface area (Å²) in [6, 6.07) is 0. The van der Waals surface area contributed by atoms with Crippen LogP contribution < -0.4 is 0 Å². The summed E-state index contributed by atoms with van der Waals surface area (Å²) in [5, 5.41) is 0. The molecule has 0 aliphatic carbocycles. The lowest BCUT2D eigenvalue weighted by molar-refractivity contribution is 1.47. The zero-order chi connectivity index (χ0) is 5.54. The van der Waals surface area contributed by atoms with Gasteiger partial charge in [0.2, 0.25) is 0 Å². The standard InChI is InChI=1S/C5H8ClN/c1-7-5-3-2-4-6/h2-3,5H,4H2,1H3/b3-2+,7-5-. The third kappa shape index (κ3) is 5.70. The molecule has 0 aromatic carbocycles. The van der Waals surface area contributed by atoms with Crippen molar-refractivity contribution in [1.82, 2.24) is 0 Å². The second-order valence-electron chi connectivity index (χ2n) is 0.990. The molecule has 0 spiro atoms. The van der Waals surface area contributed by atoms with E-state index in [0.717, 1.165) is 0 Å².